The minimum absolute atomic E-state index is 0.0411. The lowest BCUT2D eigenvalue weighted by atomic mass is 10.1. The SMILES string of the molecule is N=C(N)c1cccc(-n2c3ccccc3c3c4c(N(Cc5ccccc5)c5ccccc5)c(N)n(-c5ccccc5)c4ccc32)c1. The van der Waals surface area contributed by atoms with Crippen LogP contribution in [0.15, 0.2) is 152 Å². The van der Waals surface area contributed by atoms with Crippen LogP contribution in [0.3, 0.4) is 0 Å². The summed E-state index contributed by atoms with van der Waals surface area (Å²) in [7, 11) is 0. The molecule has 0 radical (unpaired) electrons. The summed E-state index contributed by atoms with van der Waals surface area (Å²) in [5, 5.41) is 11.4. The zero-order valence-electron chi connectivity index (χ0n) is 25.1. The zero-order chi connectivity index (χ0) is 31.2. The third-order valence-electron chi connectivity index (χ3n) is 8.73. The molecule has 0 saturated carbocycles. The molecule has 2 heterocycles. The van der Waals surface area contributed by atoms with E-state index in [4.69, 9.17) is 16.9 Å². The van der Waals surface area contributed by atoms with Gasteiger partial charge in [0.2, 0.25) is 0 Å². The molecular formula is C40H32N6. The number of benzene rings is 6. The Balaban J connectivity index is 1.53. The maximum atomic E-state index is 8.10. The summed E-state index contributed by atoms with van der Waals surface area (Å²) < 4.78 is 4.44. The Morgan fingerprint density at radius 3 is 1.91 bits per heavy atom. The van der Waals surface area contributed by atoms with Gasteiger partial charge in [0.05, 0.1) is 22.2 Å². The number of rotatable bonds is 7. The summed E-state index contributed by atoms with van der Waals surface area (Å²) in [6.07, 6.45) is 0. The minimum atomic E-state index is 0.0411. The zero-order valence-corrected chi connectivity index (χ0v) is 25.1. The molecule has 0 spiro atoms. The molecule has 8 aromatic rings. The van der Waals surface area contributed by atoms with Crippen molar-refractivity contribution in [3.05, 3.63) is 163 Å². The molecule has 0 aliphatic carbocycles. The van der Waals surface area contributed by atoms with Crippen LogP contribution in [-0.4, -0.2) is 15.0 Å². The fourth-order valence-corrected chi connectivity index (χ4v) is 6.73. The van der Waals surface area contributed by atoms with Crippen molar-refractivity contribution in [2.75, 3.05) is 10.6 Å². The Morgan fingerprint density at radius 1 is 0.587 bits per heavy atom. The van der Waals surface area contributed by atoms with Crippen molar-refractivity contribution in [2.45, 2.75) is 6.54 Å². The first-order valence-corrected chi connectivity index (χ1v) is 15.3. The number of hydrogen-bond donors (Lipinski definition) is 3. The number of para-hydroxylation sites is 3. The van der Waals surface area contributed by atoms with Gasteiger partial charge in [0.1, 0.15) is 11.7 Å². The van der Waals surface area contributed by atoms with Gasteiger partial charge in [-0.05, 0) is 60.2 Å². The average molecular weight is 597 g/mol. The Hall–Kier alpha value is -6.27. The van der Waals surface area contributed by atoms with Crippen LogP contribution < -0.4 is 16.4 Å². The number of nitrogen functional groups attached to an aromatic ring is 2. The first kappa shape index (κ1) is 27.3. The highest BCUT2D eigenvalue weighted by Crippen LogP contribution is 2.48. The van der Waals surface area contributed by atoms with E-state index >= 15 is 0 Å². The van der Waals surface area contributed by atoms with Crippen LogP contribution in [0, 0.1) is 5.41 Å². The van der Waals surface area contributed by atoms with Crippen molar-refractivity contribution in [1.82, 2.24) is 9.13 Å². The fourth-order valence-electron chi connectivity index (χ4n) is 6.73. The van der Waals surface area contributed by atoms with Gasteiger partial charge in [0.25, 0.3) is 0 Å². The van der Waals surface area contributed by atoms with Gasteiger partial charge in [0, 0.05) is 45.3 Å². The van der Waals surface area contributed by atoms with Crippen LogP contribution in [0.25, 0.3) is 44.1 Å². The second-order valence-electron chi connectivity index (χ2n) is 11.5. The lowest BCUT2D eigenvalue weighted by molar-refractivity contribution is 0.977. The summed E-state index contributed by atoms with van der Waals surface area (Å²) in [6.45, 7) is 0.638. The van der Waals surface area contributed by atoms with Crippen LogP contribution >= 0.6 is 0 Å². The van der Waals surface area contributed by atoms with Crippen molar-refractivity contribution in [3.8, 4) is 11.4 Å². The number of hydrogen-bond acceptors (Lipinski definition) is 3. The van der Waals surface area contributed by atoms with Gasteiger partial charge >= 0.3 is 0 Å². The first-order chi connectivity index (χ1) is 22.6. The lowest BCUT2D eigenvalue weighted by Gasteiger charge is -2.26. The molecule has 2 aromatic heterocycles. The van der Waals surface area contributed by atoms with Gasteiger partial charge in [-0.15, -0.1) is 0 Å². The standard InChI is InChI=1S/C40H32N6/c41-39(42)28-15-12-20-31(25-28)45-33-22-11-10-21-32(33)36-34(45)23-24-35-37(36)38(40(43)46(35)30-18-8-3-9-19-30)44(29-16-6-2-7-17-29)26-27-13-4-1-5-14-27/h1-25H,26,43H2,(H3,41,42). The van der Waals surface area contributed by atoms with Crippen molar-refractivity contribution in [1.29, 1.82) is 5.41 Å². The predicted octanol–water partition coefficient (Wildman–Crippen LogP) is 8.93. The Labute approximate surface area is 266 Å². The molecular weight excluding hydrogens is 564 g/mol. The van der Waals surface area contributed by atoms with Crippen molar-refractivity contribution in [2.24, 2.45) is 5.73 Å². The largest absolute Gasteiger partial charge is 0.384 e. The second-order valence-corrected chi connectivity index (χ2v) is 11.5. The molecule has 0 saturated heterocycles. The topological polar surface area (TPSA) is 89.0 Å². The summed E-state index contributed by atoms with van der Waals surface area (Å²) in [6, 6.07) is 52.1. The maximum Gasteiger partial charge on any atom is 0.133 e. The van der Waals surface area contributed by atoms with E-state index in [0.717, 1.165) is 55.5 Å². The molecule has 6 aromatic carbocycles. The summed E-state index contributed by atoms with van der Waals surface area (Å²) in [5.41, 5.74) is 22.2. The lowest BCUT2D eigenvalue weighted by Crippen LogP contribution is -2.18. The van der Waals surface area contributed by atoms with E-state index in [1.165, 1.54) is 5.56 Å². The van der Waals surface area contributed by atoms with Gasteiger partial charge in [-0.25, -0.2) is 0 Å². The van der Waals surface area contributed by atoms with E-state index in [1.54, 1.807) is 0 Å². The molecule has 0 aliphatic rings. The Bertz CT molecular complexity index is 2370. The van der Waals surface area contributed by atoms with Gasteiger partial charge in [-0.3, -0.25) is 9.98 Å². The fraction of sp³-hybridized carbons (Fsp3) is 0.0250. The third-order valence-corrected chi connectivity index (χ3v) is 8.73. The molecule has 0 aliphatic heterocycles. The van der Waals surface area contributed by atoms with Gasteiger partial charge in [-0.2, -0.15) is 0 Å². The Kier molecular flexibility index (Phi) is 6.54. The van der Waals surface area contributed by atoms with Crippen molar-refractivity contribution < 1.29 is 0 Å². The number of nitrogens with one attached hydrogen (secondary N) is 1. The molecule has 6 heteroatoms. The molecule has 0 amide bonds. The summed E-state index contributed by atoms with van der Waals surface area (Å²) in [4.78, 5) is 2.34. The van der Waals surface area contributed by atoms with Crippen molar-refractivity contribution in [3.63, 3.8) is 0 Å². The molecule has 222 valence electrons. The van der Waals surface area contributed by atoms with Gasteiger partial charge in [-0.1, -0.05) is 97.1 Å². The van der Waals surface area contributed by atoms with E-state index < -0.39 is 0 Å². The molecule has 0 fully saturated rings. The Morgan fingerprint density at radius 2 is 1.20 bits per heavy atom. The smallest absolute Gasteiger partial charge is 0.133 e. The van der Waals surface area contributed by atoms with E-state index in [0.29, 0.717) is 17.9 Å². The second kappa shape index (κ2) is 11.0. The number of nitrogens with zero attached hydrogens (tertiary/aromatic N) is 3. The van der Waals surface area contributed by atoms with E-state index in [-0.39, 0.29) is 5.84 Å². The number of amidine groups is 1. The van der Waals surface area contributed by atoms with Crippen LogP contribution in [0.5, 0.6) is 0 Å². The first-order valence-electron chi connectivity index (χ1n) is 15.3. The molecule has 5 N–H and O–H groups in total. The van der Waals surface area contributed by atoms with E-state index in [1.807, 2.05) is 48.5 Å². The van der Waals surface area contributed by atoms with Crippen molar-refractivity contribution >= 4 is 55.7 Å². The van der Waals surface area contributed by atoms with Crippen LogP contribution in [0.2, 0.25) is 0 Å². The number of anilines is 3. The summed E-state index contributed by atoms with van der Waals surface area (Å²) >= 11 is 0. The highest BCUT2D eigenvalue weighted by atomic mass is 15.2. The highest BCUT2D eigenvalue weighted by Gasteiger charge is 2.27. The molecule has 0 atom stereocenters. The quantitative estimate of drug-likeness (QED) is 0.127. The predicted molar refractivity (Wildman–Crippen MR) is 192 cm³/mol. The summed E-state index contributed by atoms with van der Waals surface area (Å²) in [5.74, 6) is 0.711. The molecule has 0 unspecified atom stereocenters. The average Bonchev–Trinajstić information content (AvgIpc) is 3.60. The third kappa shape index (κ3) is 4.39. The van der Waals surface area contributed by atoms with E-state index in [9.17, 15) is 0 Å². The molecule has 0 bridgehead atoms. The van der Waals surface area contributed by atoms with Gasteiger partial charge < -0.3 is 20.9 Å². The number of aromatic nitrogens is 2. The molecule has 6 nitrogen and oxygen atoms in total. The monoisotopic (exact) mass is 596 g/mol. The van der Waals surface area contributed by atoms with E-state index in [2.05, 4.69) is 117 Å². The van der Waals surface area contributed by atoms with Crippen LogP contribution in [0.1, 0.15) is 11.1 Å². The minimum Gasteiger partial charge on any atom is -0.384 e. The number of fused-ring (bicyclic) bond motifs is 5. The van der Waals surface area contributed by atoms with Crippen LogP contribution in [-0.2, 0) is 6.54 Å². The van der Waals surface area contributed by atoms with Gasteiger partial charge in [0.15, 0.2) is 0 Å². The molecule has 8 rings (SSSR count). The maximum absolute atomic E-state index is 8.10. The highest BCUT2D eigenvalue weighted by molar-refractivity contribution is 6.26. The van der Waals surface area contributed by atoms with Crippen LogP contribution in [0.4, 0.5) is 17.2 Å². The normalized spacial score (nSPS) is 11.4. The molecule has 46 heavy (non-hydrogen) atoms. The number of nitrogens with two attached hydrogens (primary N) is 2.